The fraction of sp³-hybridized carbons (Fsp3) is 0.667. The molecular weight excluding hydrogens is 228 g/mol. The van der Waals surface area contributed by atoms with Crippen LogP contribution in [0.2, 0.25) is 0 Å². The van der Waals surface area contributed by atoms with Crippen molar-refractivity contribution in [3.63, 3.8) is 0 Å². The van der Waals surface area contributed by atoms with E-state index in [-0.39, 0.29) is 18.2 Å². The largest absolute Gasteiger partial charge is 0.320 e. The first-order valence-electron chi connectivity index (χ1n) is 3.91. The summed E-state index contributed by atoms with van der Waals surface area (Å²) in [6.07, 6.45) is 1.51. The van der Waals surface area contributed by atoms with Gasteiger partial charge in [0.15, 0.2) is 0 Å². The van der Waals surface area contributed by atoms with Crippen molar-refractivity contribution in [2.45, 2.75) is 6.54 Å². The Morgan fingerprint density at radius 2 is 2.36 bits per heavy atom. The molecule has 0 radical (unpaired) electrons. The van der Waals surface area contributed by atoms with Gasteiger partial charge in [0.25, 0.3) is 0 Å². The van der Waals surface area contributed by atoms with Crippen LogP contribution in [0, 0.1) is 0 Å². The Morgan fingerprint density at radius 1 is 1.64 bits per heavy atom. The molecule has 0 fully saturated rings. The number of rotatable bonds is 5. The third kappa shape index (κ3) is 3.24. The van der Waals surface area contributed by atoms with Gasteiger partial charge in [-0.2, -0.15) is 0 Å². The summed E-state index contributed by atoms with van der Waals surface area (Å²) in [6.45, 7) is 0.135. The van der Waals surface area contributed by atoms with Crippen LogP contribution in [0.15, 0.2) is 6.33 Å². The average Bonchev–Trinajstić information content (AvgIpc) is 2.48. The molecule has 1 rings (SSSR count). The van der Waals surface area contributed by atoms with Crippen molar-refractivity contribution in [3.05, 3.63) is 12.2 Å². The van der Waals surface area contributed by atoms with E-state index in [9.17, 15) is 8.42 Å². The minimum Gasteiger partial charge on any atom is -0.320 e. The van der Waals surface area contributed by atoms with E-state index in [1.807, 2.05) is 0 Å². The molecule has 0 aromatic carbocycles. The SMILES string of the molecule is Cn1cnnc1CNS(=O)(=O)CCCl. The Kier molecular flexibility index (Phi) is 3.85. The van der Waals surface area contributed by atoms with Crippen molar-refractivity contribution >= 4 is 21.6 Å². The summed E-state index contributed by atoms with van der Waals surface area (Å²) in [5, 5.41) is 7.35. The number of nitrogens with one attached hydrogen (secondary N) is 1. The number of aromatic nitrogens is 3. The van der Waals surface area contributed by atoms with Crippen LogP contribution >= 0.6 is 11.6 Å². The molecule has 1 aromatic rings. The Hall–Kier alpha value is -0.660. The van der Waals surface area contributed by atoms with E-state index in [1.165, 1.54) is 6.33 Å². The van der Waals surface area contributed by atoms with Gasteiger partial charge in [0, 0.05) is 12.9 Å². The Labute approximate surface area is 87.3 Å². The van der Waals surface area contributed by atoms with Crippen molar-refractivity contribution in [1.29, 1.82) is 0 Å². The normalized spacial score (nSPS) is 11.9. The molecular formula is C6H11ClN4O2S. The van der Waals surface area contributed by atoms with Crippen molar-refractivity contribution in [1.82, 2.24) is 19.5 Å². The summed E-state index contributed by atoms with van der Waals surface area (Å²) >= 11 is 5.33. The zero-order valence-electron chi connectivity index (χ0n) is 7.64. The zero-order valence-corrected chi connectivity index (χ0v) is 9.22. The monoisotopic (exact) mass is 238 g/mol. The van der Waals surface area contributed by atoms with E-state index < -0.39 is 10.0 Å². The van der Waals surface area contributed by atoms with E-state index in [1.54, 1.807) is 11.6 Å². The van der Waals surface area contributed by atoms with Gasteiger partial charge in [0.2, 0.25) is 10.0 Å². The lowest BCUT2D eigenvalue weighted by Crippen LogP contribution is -2.27. The molecule has 6 nitrogen and oxygen atoms in total. The average molecular weight is 239 g/mol. The van der Waals surface area contributed by atoms with Crippen LogP contribution in [0.1, 0.15) is 5.82 Å². The molecule has 1 aromatic heterocycles. The number of hydrogen-bond donors (Lipinski definition) is 1. The fourth-order valence-electron chi connectivity index (χ4n) is 0.815. The lowest BCUT2D eigenvalue weighted by molar-refractivity contribution is 0.579. The first-order chi connectivity index (χ1) is 6.55. The van der Waals surface area contributed by atoms with Crippen LogP contribution in [0.5, 0.6) is 0 Å². The van der Waals surface area contributed by atoms with Crippen LogP contribution in [0.25, 0.3) is 0 Å². The van der Waals surface area contributed by atoms with E-state index >= 15 is 0 Å². The van der Waals surface area contributed by atoms with E-state index in [2.05, 4.69) is 14.9 Å². The van der Waals surface area contributed by atoms with Gasteiger partial charge in [0.05, 0.1) is 12.3 Å². The highest BCUT2D eigenvalue weighted by Gasteiger charge is 2.10. The van der Waals surface area contributed by atoms with Gasteiger partial charge in [-0.05, 0) is 0 Å². The molecule has 0 unspecified atom stereocenters. The van der Waals surface area contributed by atoms with Gasteiger partial charge in [0.1, 0.15) is 12.2 Å². The molecule has 8 heteroatoms. The van der Waals surface area contributed by atoms with Crippen molar-refractivity contribution in [3.8, 4) is 0 Å². The molecule has 0 saturated heterocycles. The molecule has 1 N–H and O–H groups in total. The highest BCUT2D eigenvalue weighted by atomic mass is 35.5. The number of halogens is 1. The van der Waals surface area contributed by atoms with Crippen LogP contribution in [-0.4, -0.2) is 34.8 Å². The summed E-state index contributed by atoms with van der Waals surface area (Å²) in [7, 11) is -1.55. The highest BCUT2D eigenvalue weighted by Crippen LogP contribution is 1.93. The summed E-state index contributed by atoms with van der Waals surface area (Å²) in [6, 6.07) is 0. The molecule has 0 amide bonds. The van der Waals surface area contributed by atoms with Crippen LogP contribution in [-0.2, 0) is 23.6 Å². The van der Waals surface area contributed by atoms with Gasteiger partial charge < -0.3 is 4.57 Å². The summed E-state index contributed by atoms with van der Waals surface area (Å²) < 4.78 is 26.4. The maximum Gasteiger partial charge on any atom is 0.213 e. The quantitative estimate of drug-likeness (QED) is 0.700. The zero-order chi connectivity index (χ0) is 10.6. The molecule has 0 atom stereocenters. The second-order valence-electron chi connectivity index (χ2n) is 2.69. The lowest BCUT2D eigenvalue weighted by atomic mass is 10.6. The molecule has 1 heterocycles. The number of sulfonamides is 1. The molecule has 0 aliphatic rings. The van der Waals surface area contributed by atoms with Crippen molar-refractivity contribution < 1.29 is 8.42 Å². The van der Waals surface area contributed by atoms with Gasteiger partial charge >= 0.3 is 0 Å². The highest BCUT2D eigenvalue weighted by molar-refractivity contribution is 7.89. The van der Waals surface area contributed by atoms with Gasteiger partial charge in [-0.15, -0.1) is 21.8 Å². The van der Waals surface area contributed by atoms with E-state index in [0.29, 0.717) is 5.82 Å². The van der Waals surface area contributed by atoms with E-state index in [4.69, 9.17) is 11.6 Å². The van der Waals surface area contributed by atoms with Crippen LogP contribution in [0.3, 0.4) is 0 Å². The number of nitrogens with zero attached hydrogens (tertiary/aromatic N) is 3. The molecule has 80 valence electrons. The summed E-state index contributed by atoms with van der Waals surface area (Å²) in [4.78, 5) is 0. The molecule has 0 aliphatic heterocycles. The number of alkyl halides is 1. The standard InChI is InChI=1S/C6H11ClN4O2S/c1-11-5-8-10-6(11)4-9-14(12,13)3-2-7/h5,9H,2-4H2,1H3. The Morgan fingerprint density at radius 3 is 2.86 bits per heavy atom. The van der Waals surface area contributed by atoms with Crippen LogP contribution in [0.4, 0.5) is 0 Å². The third-order valence-corrected chi connectivity index (χ3v) is 3.34. The van der Waals surface area contributed by atoms with Crippen molar-refractivity contribution in [2.24, 2.45) is 7.05 Å². The van der Waals surface area contributed by atoms with Gasteiger partial charge in [-0.3, -0.25) is 0 Å². The fourth-order valence-corrected chi connectivity index (χ4v) is 2.12. The van der Waals surface area contributed by atoms with Gasteiger partial charge in [-0.1, -0.05) is 0 Å². The molecule has 0 aliphatic carbocycles. The number of hydrogen-bond acceptors (Lipinski definition) is 4. The number of aryl methyl sites for hydroxylation is 1. The molecule has 0 bridgehead atoms. The predicted molar refractivity (Wildman–Crippen MR) is 52.3 cm³/mol. The third-order valence-electron chi connectivity index (χ3n) is 1.60. The minimum atomic E-state index is -3.29. The van der Waals surface area contributed by atoms with Crippen molar-refractivity contribution in [2.75, 3.05) is 11.6 Å². The summed E-state index contributed by atoms with van der Waals surface area (Å²) in [5.41, 5.74) is 0. The topological polar surface area (TPSA) is 76.9 Å². The maximum absolute atomic E-state index is 11.2. The first-order valence-corrected chi connectivity index (χ1v) is 6.10. The maximum atomic E-state index is 11.2. The van der Waals surface area contributed by atoms with E-state index in [0.717, 1.165) is 0 Å². The molecule has 14 heavy (non-hydrogen) atoms. The predicted octanol–water partition coefficient (Wildman–Crippen LogP) is -0.527. The van der Waals surface area contributed by atoms with Crippen LogP contribution < -0.4 is 4.72 Å². The summed E-state index contributed by atoms with van der Waals surface area (Å²) in [5.74, 6) is 0.545. The minimum absolute atomic E-state index is 0.0775. The smallest absolute Gasteiger partial charge is 0.213 e. The Bertz CT molecular complexity index is 388. The molecule has 0 spiro atoms. The second-order valence-corrected chi connectivity index (χ2v) is 4.99. The Balaban J connectivity index is 2.53. The second kappa shape index (κ2) is 4.72. The first kappa shape index (κ1) is 11.4. The van der Waals surface area contributed by atoms with Gasteiger partial charge in [-0.25, -0.2) is 13.1 Å². The lowest BCUT2D eigenvalue weighted by Gasteiger charge is -2.03. The molecule has 0 saturated carbocycles.